The summed E-state index contributed by atoms with van der Waals surface area (Å²) in [6, 6.07) is 13.6. The Hall–Kier alpha value is -3.02. The number of carbonyl (C=O) groups is 1. The van der Waals surface area contributed by atoms with Gasteiger partial charge in [0.2, 0.25) is 12.1 Å². The molecule has 0 fully saturated rings. The van der Waals surface area contributed by atoms with E-state index in [1.54, 1.807) is 29.1 Å². The third-order valence-electron chi connectivity index (χ3n) is 3.58. The molecule has 1 heterocycles. The minimum atomic E-state index is -0.435. The lowest BCUT2D eigenvalue weighted by Crippen LogP contribution is -2.25. The molecule has 3 aromatic rings. The molecule has 0 aliphatic rings. The van der Waals surface area contributed by atoms with Gasteiger partial charge in [-0.2, -0.15) is 0 Å². The molecule has 0 bridgehead atoms. The number of fused-ring (bicyclic) bond motifs is 1. The number of imidazole rings is 1. The number of benzene rings is 2. The highest BCUT2D eigenvalue weighted by atomic mass is 16.6. The number of Topliss-reactive ketones (excluding diaryl/α,β-unsaturated/α-hetero) is 1. The zero-order valence-corrected chi connectivity index (χ0v) is 12.0. The first-order chi connectivity index (χ1) is 10.6. The van der Waals surface area contributed by atoms with Crippen LogP contribution in [0.5, 0.6) is 0 Å². The van der Waals surface area contributed by atoms with Gasteiger partial charge in [-0.1, -0.05) is 30.3 Å². The third-order valence-corrected chi connectivity index (χ3v) is 3.58. The number of nitro groups is 1. The van der Waals surface area contributed by atoms with Gasteiger partial charge in [-0.3, -0.25) is 14.9 Å². The Kier molecular flexibility index (Phi) is 3.42. The summed E-state index contributed by atoms with van der Waals surface area (Å²) in [6.07, 6.45) is 1.77. The van der Waals surface area contributed by atoms with Crippen molar-refractivity contribution >= 4 is 22.5 Å². The van der Waals surface area contributed by atoms with E-state index in [4.69, 9.17) is 0 Å². The van der Waals surface area contributed by atoms with Gasteiger partial charge in [0.15, 0.2) is 17.6 Å². The maximum Gasteiger partial charge on any atom is 0.273 e. The first kappa shape index (κ1) is 13.9. The number of carbonyl (C=O) groups excluding carboxylic acids is 1. The summed E-state index contributed by atoms with van der Waals surface area (Å²) >= 11 is 0. The van der Waals surface area contributed by atoms with Gasteiger partial charge in [-0.15, -0.1) is 0 Å². The lowest BCUT2D eigenvalue weighted by Gasteiger charge is -1.99. The fourth-order valence-electron chi connectivity index (χ4n) is 2.48. The van der Waals surface area contributed by atoms with E-state index >= 15 is 0 Å². The SMILES string of the molecule is C[n+]1cn(CC(=O)c2ccccc2)c2cc([N+](=O)[O-])ccc21. The smallest absolute Gasteiger partial charge is 0.273 e. The number of aryl methyl sites for hydroxylation is 1. The van der Waals surface area contributed by atoms with Crippen LogP contribution in [0, 0.1) is 10.1 Å². The molecule has 0 N–H and O–H groups in total. The maximum absolute atomic E-state index is 12.3. The highest BCUT2D eigenvalue weighted by molar-refractivity contribution is 5.96. The van der Waals surface area contributed by atoms with E-state index in [0.717, 1.165) is 5.52 Å². The monoisotopic (exact) mass is 296 g/mol. The Balaban J connectivity index is 2.01. The Morgan fingerprint density at radius 2 is 1.95 bits per heavy atom. The van der Waals surface area contributed by atoms with E-state index in [2.05, 4.69) is 0 Å². The summed E-state index contributed by atoms with van der Waals surface area (Å²) in [5.74, 6) is -0.0374. The predicted molar refractivity (Wildman–Crippen MR) is 80.5 cm³/mol. The predicted octanol–water partition coefficient (Wildman–Crippen LogP) is 2.26. The van der Waals surface area contributed by atoms with Crippen LogP contribution in [0.2, 0.25) is 0 Å². The molecular weight excluding hydrogens is 282 g/mol. The van der Waals surface area contributed by atoms with E-state index in [9.17, 15) is 14.9 Å². The number of aromatic nitrogens is 2. The van der Waals surface area contributed by atoms with Crippen LogP contribution < -0.4 is 4.57 Å². The highest BCUT2D eigenvalue weighted by Crippen LogP contribution is 2.19. The zero-order valence-electron chi connectivity index (χ0n) is 12.0. The minimum absolute atomic E-state index is 0.0135. The molecule has 0 radical (unpaired) electrons. The van der Waals surface area contributed by atoms with E-state index in [1.807, 2.05) is 29.8 Å². The Labute approximate surface area is 126 Å². The largest absolute Gasteiger partial charge is 0.290 e. The molecule has 110 valence electrons. The number of nitrogens with zero attached hydrogens (tertiary/aromatic N) is 3. The van der Waals surface area contributed by atoms with Gasteiger partial charge in [0.1, 0.15) is 0 Å². The molecule has 0 saturated carbocycles. The van der Waals surface area contributed by atoms with Gasteiger partial charge < -0.3 is 0 Å². The summed E-state index contributed by atoms with van der Waals surface area (Å²) in [5, 5.41) is 10.9. The summed E-state index contributed by atoms with van der Waals surface area (Å²) in [7, 11) is 1.84. The second-order valence-electron chi connectivity index (χ2n) is 5.07. The normalized spacial score (nSPS) is 10.8. The van der Waals surface area contributed by atoms with Crippen molar-refractivity contribution in [2.24, 2.45) is 7.05 Å². The van der Waals surface area contributed by atoms with Crippen LogP contribution in [-0.2, 0) is 13.6 Å². The number of hydrogen-bond donors (Lipinski definition) is 0. The Morgan fingerprint density at radius 3 is 2.64 bits per heavy atom. The van der Waals surface area contributed by atoms with Crippen LogP contribution in [0.15, 0.2) is 54.9 Å². The molecule has 0 aliphatic carbocycles. The van der Waals surface area contributed by atoms with Gasteiger partial charge in [0.25, 0.3) is 5.69 Å². The van der Waals surface area contributed by atoms with Crippen molar-refractivity contribution in [3.05, 3.63) is 70.5 Å². The summed E-state index contributed by atoms with van der Waals surface area (Å²) in [4.78, 5) is 22.8. The van der Waals surface area contributed by atoms with Crippen LogP contribution in [0.3, 0.4) is 0 Å². The van der Waals surface area contributed by atoms with E-state index in [1.165, 1.54) is 12.1 Å². The van der Waals surface area contributed by atoms with Crippen molar-refractivity contribution in [2.45, 2.75) is 6.54 Å². The number of rotatable bonds is 4. The molecule has 0 unspecified atom stereocenters. The molecule has 2 aromatic carbocycles. The first-order valence-corrected chi connectivity index (χ1v) is 6.77. The van der Waals surface area contributed by atoms with Crippen molar-refractivity contribution in [3.63, 3.8) is 0 Å². The van der Waals surface area contributed by atoms with E-state index < -0.39 is 4.92 Å². The van der Waals surface area contributed by atoms with Crippen LogP contribution in [-0.4, -0.2) is 15.3 Å². The second kappa shape index (κ2) is 5.40. The van der Waals surface area contributed by atoms with Crippen LogP contribution >= 0.6 is 0 Å². The van der Waals surface area contributed by atoms with Gasteiger partial charge in [-0.25, -0.2) is 9.13 Å². The number of nitro benzene ring substituents is 1. The fourth-order valence-corrected chi connectivity index (χ4v) is 2.48. The highest BCUT2D eigenvalue weighted by Gasteiger charge is 2.20. The molecule has 0 saturated heterocycles. The molecule has 0 atom stereocenters. The molecular formula is C16H14N3O3+. The Bertz CT molecular complexity index is 869. The fraction of sp³-hybridized carbons (Fsp3) is 0.125. The van der Waals surface area contributed by atoms with Gasteiger partial charge >= 0.3 is 0 Å². The standard InChI is InChI=1S/C16H14N3O3/c1-17-11-18(10-16(20)12-5-3-2-4-6-12)15-9-13(19(21)22)7-8-14(15)17/h2-9,11H,10H2,1H3/q+1. The molecule has 22 heavy (non-hydrogen) atoms. The zero-order chi connectivity index (χ0) is 15.7. The molecule has 1 aromatic heterocycles. The van der Waals surface area contributed by atoms with Crippen LogP contribution in [0.4, 0.5) is 5.69 Å². The molecule has 0 spiro atoms. The van der Waals surface area contributed by atoms with Gasteiger partial charge in [-0.05, 0) is 6.07 Å². The molecule has 3 rings (SSSR count). The van der Waals surface area contributed by atoms with Crippen molar-refractivity contribution in [2.75, 3.05) is 0 Å². The summed E-state index contributed by atoms with van der Waals surface area (Å²) in [5.41, 5.74) is 2.14. The van der Waals surface area contributed by atoms with Crippen molar-refractivity contribution in [1.29, 1.82) is 0 Å². The minimum Gasteiger partial charge on any atom is -0.290 e. The third kappa shape index (κ3) is 2.46. The van der Waals surface area contributed by atoms with Crippen molar-refractivity contribution in [3.8, 4) is 0 Å². The average molecular weight is 296 g/mol. The molecule has 0 amide bonds. The molecule has 6 nitrogen and oxygen atoms in total. The van der Waals surface area contributed by atoms with Crippen molar-refractivity contribution in [1.82, 2.24) is 4.57 Å². The first-order valence-electron chi connectivity index (χ1n) is 6.77. The van der Waals surface area contributed by atoms with Crippen LogP contribution in [0.25, 0.3) is 11.0 Å². The number of non-ortho nitro benzene ring substituents is 1. The number of hydrogen-bond acceptors (Lipinski definition) is 3. The summed E-state index contributed by atoms with van der Waals surface area (Å²) < 4.78 is 3.58. The Morgan fingerprint density at radius 1 is 1.23 bits per heavy atom. The molecule has 0 aliphatic heterocycles. The van der Waals surface area contributed by atoms with Gasteiger partial charge in [0.05, 0.1) is 18.0 Å². The summed E-state index contributed by atoms with van der Waals surface area (Å²) in [6.45, 7) is 0.141. The lowest BCUT2D eigenvalue weighted by atomic mass is 10.1. The molecule has 6 heteroatoms. The maximum atomic E-state index is 12.3. The topological polar surface area (TPSA) is 69.0 Å². The quantitative estimate of drug-likeness (QED) is 0.321. The second-order valence-corrected chi connectivity index (χ2v) is 5.07. The van der Waals surface area contributed by atoms with E-state index in [0.29, 0.717) is 11.1 Å². The van der Waals surface area contributed by atoms with Crippen LogP contribution in [0.1, 0.15) is 10.4 Å². The number of ketones is 1. The van der Waals surface area contributed by atoms with Crippen molar-refractivity contribution < 1.29 is 14.3 Å². The van der Waals surface area contributed by atoms with E-state index in [-0.39, 0.29) is 18.0 Å². The average Bonchev–Trinajstić information content (AvgIpc) is 2.84. The van der Waals surface area contributed by atoms with Gasteiger partial charge in [0, 0.05) is 11.6 Å². The lowest BCUT2D eigenvalue weighted by molar-refractivity contribution is -0.645.